The van der Waals surface area contributed by atoms with Crippen LogP contribution in [0.5, 0.6) is 0 Å². The minimum absolute atomic E-state index is 0.0320. The summed E-state index contributed by atoms with van der Waals surface area (Å²) in [7, 11) is 3.86. The van der Waals surface area contributed by atoms with Crippen LogP contribution in [0.3, 0.4) is 0 Å². The van der Waals surface area contributed by atoms with E-state index in [1.54, 1.807) is 6.07 Å². The van der Waals surface area contributed by atoms with Gasteiger partial charge in [0.15, 0.2) is 0 Å². The van der Waals surface area contributed by atoms with Crippen LogP contribution in [-0.2, 0) is 0 Å². The second-order valence-electron chi connectivity index (χ2n) is 4.85. The first kappa shape index (κ1) is 14.4. The molecule has 1 amide bonds. The molecule has 0 atom stereocenters. The van der Waals surface area contributed by atoms with Crippen molar-refractivity contribution < 1.29 is 4.79 Å². The van der Waals surface area contributed by atoms with E-state index in [4.69, 9.17) is 5.73 Å². The van der Waals surface area contributed by atoms with Gasteiger partial charge in [0.2, 0.25) is 0 Å². The largest absolute Gasteiger partial charge is 0.397 e. The van der Waals surface area contributed by atoms with Gasteiger partial charge >= 0.3 is 0 Å². The average Bonchev–Trinajstić information content (AvgIpc) is 2.28. The van der Waals surface area contributed by atoms with E-state index >= 15 is 0 Å². The lowest BCUT2D eigenvalue weighted by atomic mass is 10.1. The van der Waals surface area contributed by atoms with E-state index in [2.05, 4.69) is 0 Å². The third kappa shape index (κ3) is 2.94. The third-order valence-electron chi connectivity index (χ3n) is 2.98. The van der Waals surface area contributed by atoms with Crippen molar-refractivity contribution >= 4 is 17.3 Å². The molecule has 0 spiro atoms. The Hall–Kier alpha value is -1.71. The van der Waals surface area contributed by atoms with Gasteiger partial charge in [-0.1, -0.05) is 0 Å². The number of hydrogen-bond acceptors (Lipinski definition) is 3. The van der Waals surface area contributed by atoms with E-state index in [0.717, 1.165) is 5.69 Å². The molecule has 2 N–H and O–H groups in total. The highest BCUT2D eigenvalue weighted by Crippen LogP contribution is 2.23. The molecule has 0 bridgehead atoms. The Kier molecular flexibility index (Phi) is 4.59. The molecule has 1 rings (SSSR count). The number of nitrogens with zero attached hydrogens (tertiary/aromatic N) is 2. The fourth-order valence-corrected chi connectivity index (χ4v) is 2.00. The molecule has 100 valence electrons. The van der Waals surface area contributed by atoms with Crippen molar-refractivity contribution in [3.05, 3.63) is 23.8 Å². The summed E-state index contributed by atoms with van der Waals surface area (Å²) in [5.74, 6) is 0.0320. The highest BCUT2D eigenvalue weighted by Gasteiger charge is 2.17. The molecule has 4 heteroatoms. The molecule has 0 heterocycles. The lowest BCUT2D eigenvalue weighted by molar-refractivity contribution is 0.0717. The number of hydrogen-bond donors (Lipinski definition) is 1. The minimum atomic E-state index is 0.0320. The van der Waals surface area contributed by atoms with Crippen LogP contribution in [0.4, 0.5) is 11.4 Å². The summed E-state index contributed by atoms with van der Waals surface area (Å²) < 4.78 is 0. The zero-order chi connectivity index (χ0) is 13.9. The van der Waals surface area contributed by atoms with Crippen molar-refractivity contribution in [2.24, 2.45) is 0 Å². The van der Waals surface area contributed by atoms with Crippen molar-refractivity contribution in [2.45, 2.75) is 26.8 Å². The lowest BCUT2D eigenvalue weighted by Crippen LogP contribution is -2.36. The monoisotopic (exact) mass is 249 g/mol. The first-order valence-electron chi connectivity index (χ1n) is 6.26. The Morgan fingerprint density at radius 2 is 1.94 bits per heavy atom. The fourth-order valence-electron chi connectivity index (χ4n) is 2.00. The number of amides is 1. The normalized spacial score (nSPS) is 10.6. The van der Waals surface area contributed by atoms with Crippen LogP contribution in [0.15, 0.2) is 18.2 Å². The third-order valence-corrected chi connectivity index (χ3v) is 2.98. The van der Waals surface area contributed by atoms with Gasteiger partial charge < -0.3 is 15.5 Å². The Balaban J connectivity index is 3.04. The molecule has 0 aromatic heterocycles. The van der Waals surface area contributed by atoms with Crippen LogP contribution >= 0.6 is 0 Å². The van der Waals surface area contributed by atoms with Crippen LogP contribution in [0.1, 0.15) is 31.1 Å². The van der Waals surface area contributed by atoms with Gasteiger partial charge in [-0.25, -0.2) is 0 Å². The molecular formula is C14H23N3O. The maximum Gasteiger partial charge on any atom is 0.254 e. The van der Waals surface area contributed by atoms with Gasteiger partial charge in [-0.05, 0) is 39.0 Å². The van der Waals surface area contributed by atoms with Gasteiger partial charge in [-0.3, -0.25) is 4.79 Å². The molecule has 0 saturated carbocycles. The summed E-state index contributed by atoms with van der Waals surface area (Å²) in [6.45, 7) is 6.71. The SMILES string of the molecule is CCN(C(=O)c1ccc(N(C)C)c(N)c1)C(C)C. The first-order chi connectivity index (χ1) is 8.38. The smallest absolute Gasteiger partial charge is 0.254 e. The highest BCUT2D eigenvalue weighted by atomic mass is 16.2. The molecule has 0 saturated heterocycles. The van der Waals surface area contributed by atoms with Gasteiger partial charge in [0.05, 0.1) is 11.4 Å². The van der Waals surface area contributed by atoms with E-state index in [1.807, 2.05) is 56.8 Å². The Morgan fingerprint density at radius 3 is 2.33 bits per heavy atom. The second-order valence-corrected chi connectivity index (χ2v) is 4.85. The van der Waals surface area contributed by atoms with E-state index in [9.17, 15) is 4.79 Å². The topological polar surface area (TPSA) is 49.6 Å². The predicted molar refractivity (Wildman–Crippen MR) is 77.0 cm³/mol. The van der Waals surface area contributed by atoms with E-state index < -0.39 is 0 Å². The van der Waals surface area contributed by atoms with Crippen LogP contribution in [0, 0.1) is 0 Å². The van der Waals surface area contributed by atoms with E-state index in [-0.39, 0.29) is 11.9 Å². The van der Waals surface area contributed by atoms with Gasteiger partial charge in [0.1, 0.15) is 0 Å². The Bertz CT molecular complexity index is 427. The van der Waals surface area contributed by atoms with Crippen molar-refractivity contribution in [2.75, 3.05) is 31.3 Å². The molecular weight excluding hydrogens is 226 g/mol. The van der Waals surface area contributed by atoms with Crippen molar-refractivity contribution in [3.63, 3.8) is 0 Å². The van der Waals surface area contributed by atoms with Crippen LogP contribution in [0.2, 0.25) is 0 Å². The van der Waals surface area contributed by atoms with Crippen LogP contribution in [0.25, 0.3) is 0 Å². The first-order valence-corrected chi connectivity index (χ1v) is 6.26. The second kappa shape index (κ2) is 5.76. The minimum Gasteiger partial charge on any atom is -0.397 e. The maximum absolute atomic E-state index is 12.3. The fraction of sp³-hybridized carbons (Fsp3) is 0.500. The summed E-state index contributed by atoms with van der Waals surface area (Å²) in [6.07, 6.45) is 0. The van der Waals surface area contributed by atoms with Gasteiger partial charge in [0, 0.05) is 32.2 Å². The number of carbonyl (C=O) groups excluding carboxylic acids is 1. The Morgan fingerprint density at radius 1 is 1.33 bits per heavy atom. The zero-order valence-electron chi connectivity index (χ0n) is 11.9. The average molecular weight is 249 g/mol. The van der Waals surface area contributed by atoms with Gasteiger partial charge in [-0.2, -0.15) is 0 Å². The molecule has 18 heavy (non-hydrogen) atoms. The number of carbonyl (C=O) groups is 1. The van der Waals surface area contributed by atoms with E-state index in [1.165, 1.54) is 0 Å². The molecule has 0 aliphatic carbocycles. The van der Waals surface area contributed by atoms with E-state index in [0.29, 0.717) is 17.8 Å². The van der Waals surface area contributed by atoms with Gasteiger partial charge in [0.25, 0.3) is 5.91 Å². The molecule has 4 nitrogen and oxygen atoms in total. The highest BCUT2D eigenvalue weighted by molar-refractivity contribution is 5.96. The molecule has 0 unspecified atom stereocenters. The summed E-state index contributed by atoms with van der Waals surface area (Å²) in [4.78, 5) is 16.1. The standard InChI is InChI=1S/C14H23N3O/c1-6-17(10(2)3)14(18)11-7-8-13(16(4)5)12(15)9-11/h7-10H,6,15H2,1-5H3. The van der Waals surface area contributed by atoms with Crippen molar-refractivity contribution in [1.29, 1.82) is 0 Å². The summed E-state index contributed by atoms with van der Waals surface area (Å²) >= 11 is 0. The number of nitrogen functional groups attached to an aromatic ring is 1. The summed E-state index contributed by atoms with van der Waals surface area (Å²) in [5, 5.41) is 0. The van der Waals surface area contributed by atoms with Crippen LogP contribution in [-0.4, -0.2) is 37.5 Å². The van der Waals surface area contributed by atoms with Crippen LogP contribution < -0.4 is 10.6 Å². The van der Waals surface area contributed by atoms with Gasteiger partial charge in [-0.15, -0.1) is 0 Å². The zero-order valence-corrected chi connectivity index (χ0v) is 11.9. The van der Waals surface area contributed by atoms with Crippen molar-refractivity contribution in [3.8, 4) is 0 Å². The summed E-state index contributed by atoms with van der Waals surface area (Å²) in [5.41, 5.74) is 8.17. The molecule has 0 aliphatic heterocycles. The number of anilines is 2. The predicted octanol–water partition coefficient (Wildman–Crippen LogP) is 2.21. The number of nitrogens with two attached hydrogens (primary N) is 1. The quantitative estimate of drug-likeness (QED) is 0.832. The maximum atomic E-state index is 12.3. The van der Waals surface area contributed by atoms with Crippen molar-refractivity contribution in [1.82, 2.24) is 4.90 Å². The molecule has 0 fully saturated rings. The number of benzene rings is 1. The molecule has 0 radical (unpaired) electrons. The molecule has 1 aromatic carbocycles. The number of rotatable bonds is 4. The lowest BCUT2D eigenvalue weighted by Gasteiger charge is -2.25. The summed E-state index contributed by atoms with van der Waals surface area (Å²) in [6, 6.07) is 5.66. The molecule has 1 aromatic rings. The Labute approximate surface area is 109 Å². The molecule has 0 aliphatic rings.